The smallest absolute Gasteiger partial charge is 0.199 e. The Kier molecular flexibility index (Phi) is 3.60. The van der Waals surface area contributed by atoms with Crippen molar-refractivity contribution < 1.29 is 18.3 Å². The van der Waals surface area contributed by atoms with Crippen LogP contribution in [0.3, 0.4) is 0 Å². The van der Waals surface area contributed by atoms with Crippen LogP contribution in [-0.2, 0) is 0 Å². The van der Waals surface area contributed by atoms with Crippen molar-refractivity contribution in [3.8, 4) is 5.75 Å². The van der Waals surface area contributed by atoms with Gasteiger partial charge in [0.05, 0.1) is 18.2 Å². The number of benzene rings is 2. The SMILES string of the molecule is COc1cc(C)ccc1C(=O)c1cc(F)ccc1F. The number of ether oxygens (including phenoxy) is 1. The van der Waals surface area contributed by atoms with Crippen LogP contribution in [0, 0.1) is 18.6 Å². The third-order valence-corrected chi connectivity index (χ3v) is 2.77. The Morgan fingerprint density at radius 1 is 1.05 bits per heavy atom. The van der Waals surface area contributed by atoms with Crippen LogP contribution < -0.4 is 4.74 Å². The fourth-order valence-electron chi connectivity index (χ4n) is 1.80. The van der Waals surface area contributed by atoms with Crippen LogP contribution in [0.2, 0.25) is 0 Å². The molecule has 19 heavy (non-hydrogen) atoms. The van der Waals surface area contributed by atoms with Crippen molar-refractivity contribution in [3.63, 3.8) is 0 Å². The van der Waals surface area contributed by atoms with Gasteiger partial charge in [0.1, 0.15) is 17.4 Å². The zero-order chi connectivity index (χ0) is 14.0. The van der Waals surface area contributed by atoms with E-state index in [1.54, 1.807) is 18.2 Å². The van der Waals surface area contributed by atoms with Crippen LogP contribution in [0.25, 0.3) is 0 Å². The normalized spacial score (nSPS) is 10.3. The fourth-order valence-corrected chi connectivity index (χ4v) is 1.80. The van der Waals surface area contributed by atoms with Crippen LogP contribution in [0.15, 0.2) is 36.4 Å². The number of rotatable bonds is 3. The first-order valence-electron chi connectivity index (χ1n) is 5.67. The predicted molar refractivity (Wildman–Crippen MR) is 67.5 cm³/mol. The van der Waals surface area contributed by atoms with E-state index in [2.05, 4.69) is 0 Å². The highest BCUT2D eigenvalue weighted by atomic mass is 19.1. The average molecular weight is 262 g/mol. The Bertz CT molecular complexity index is 636. The van der Waals surface area contributed by atoms with Crippen molar-refractivity contribution >= 4 is 5.78 Å². The third-order valence-electron chi connectivity index (χ3n) is 2.77. The second-order valence-electron chi connectivity index (χ2n) is 4.16. The number of ketones is 1. The molecule has 0 spiro atoms. The number of carbonyl (C=O) groups excluding carboxylic acids is 1. The van der Waals surface area contributed by atoms with Gasteiger partial charge >= 0.3 is 0 Å². The van der Waals surface area contributed by atoms with E-state index in [0.29, 0.717) is 5.75 Å². The molecule has 0 aromatic heterocycles. The van der Waals surface area contributed by atoms with Crippen molar-refractivity contribution in [1.82, 2.24) is 0 Å². The highest BCUT2D eigenvalue weighted by Gasteiger charge is 2.18. The van der Waals surface area contributed by atoms with Gasteiger partial charge in [-0.3, -0.25) is 4.79 Å². The Labute approximate surface area is 109 Å². The van der Waals surface area contributed by atoms with E-state index in [1.807, 2.05) is 6.92 Å². The van der Waals surface area contributed by atoms with E-state index < -0.39 is 17.4 Å². The monoisotopic (exact) mass is 262 g/mol. The first kappa shape index (κ1) is 13.2. The van der Waals surface area contributed by atoms with Crippen LogP contribution in [-0.4, -0.2) is 12.9 Å². The molecule has 0 amide bonds. The lowest BCUT2D eigenvalue weighted by atomic mass is 10.0. The van der Waals surface area contributed by atoms with E-state index in [4.69, 9.17) is 4.74 Å². The average Bonchev–Trinajstić information content (AvgIpc) is 2.40. The highest BCUT2D eigenvalue weighted by molar-refractivity contribution is 6.10. The van der Waals surface area contributed by atoms with Gasteiger partial charge in [-0.05, 0) is 42.8 Å². The van der Waals surface area contributed by atoms with Gasteiger partial charge in [0.25, 0.3) is 0 Å². The molecule has 2 aromatic carbocycles. The summed E-state index contributed by atoms with van der Waals surface area (Å²) in [5.41, 5.74) is 0.813. The van der Waals surface area contributed by atoms with E-state index in [9.17, 15) is 13.6 Å². The lowest BCUT2D eigenvalue weighted by Gasteiger charge is -2.09. The molecule has 0 aliphatic heterocycles. The van der Waals surface area contributed by atoms with E-state index in [1.165, 1.54) is 7.11 Å². The molecule has 2 rings (SSSR count). The van der Waals surface area contributed by atoms with E-state index >= 15 is 0 Å². The molecule has 98 valence electrons. The van der Waals surface area contributed by atoms with Crippen LogP contribution in [0.1, 0.15) is 21.5 Å². The molecule has 0 heterocycles. The molecule has 4 heteroatoms. The number of halogens is 2. The molecule has 0 aliphatic carbocycles. The number of aryl methyl sites for hydroxylation is 1. The maximum absolute atomic E-state index is 13.6. The van der Waals surface area contributed by atoms with Gasteiger partial charge in [-0.25, -0.2) is 8.78 Å². The minimum atomic E-state index is -0.756. The standard InChI is InChI=1S/C15H12F2O2/c1-9-3-5-11(14(7-9)19-2)15(18)12-8-10(16)4-6-13(12)17/h3-8H,1-2H3. The summed E-state index contributed by atoms with van der Waals surface area (Å²) < 4.78 is 31.8. The van der Waals surface area contributed by atoms with E-state index in [-0.39, 0.29) is 11.1 Å². The van der Waals surface area contributed by atoms with Crippen molar-refractivity contribution in [2.75, 3.05) is 7.11 Å². The van der Waals surface area contributed by atoms with Crippen LogP contribution in [0.5, 0.6) is 5.75 Å². The van der Waals surface area contributed by atoms with Crippen molar-refractivity contribution in [3.05, 3.63) is 64.7 Å². The summed E-state index contributed by atoms with van der Waals surface area (Å²) in [5.74, 6) is -1.67. The lowest BCUT2D eigenvalue weighted by Crippen LogP contribution is -2.07. The summed E-state index contributed by atoms with van der Waals surface area (Å²) in [4.78, 5) is 12.2. The zero-order valence-corrected chi connectivity index (χ0v) is 10.5. The number of methoxy groups -OCH3 is 1. The molecule has 0 radical (unpaired) electrons. The lowest BCUT2D eigenvalue weighted by molar-refractivity contribution is 0.103. The quantitative estimate of drug-likeness (QED) is 0.791. The topological polar surface area (TPSA) is 26.3 Å². The molecule has 0 unspecified atom stereocenters. The Balaban J connectivity index is 2.53. The molecular formula is C15H12F2O2. The number of hydrogen-bond donors (Lipinski definition) is 0. The summed E-state index contributed by atoms with van der Waals surface area (Å²) >= 11 is 0. The summed E-state index contributed by atoms with van der Waals surface area (Å²) in [6.45, 7) is 1.85. The molecular weight excluding hydrogens is 250 g/mol. The number of carbonyl (C=O) groups is 1. The van der Waals surface area contributed by atoms with Crippen LogP contribution in [0.4, 0.5) is 8.78 Å². The maximum atomic E-state index is 13.6. The summed E-state index contributed by atoms with van der Waals surface area (Å²) in [5, 5.41) is 0. The first-order chi connectivity index (χ1) is 9.02. The molecule has 2 nitrogen and oxygen atoms in total. The molecule has 0 saturated carbocycles. The molecule has 0 bridgehead atoms. The zero-order valence-electron chi connectivity index (χ0n) is 10.5. The first-order valence-corrected chi connectivity index (χ1v) is 5.67. The minimum absolute atomic E-state index is 0.206. The largest absolute Gasteiger partial charge is 0.496 e. The van der Waals surface area contributed by atoms with Gasteiger partial charge in [-0.2, -0.15) is 0 Å². The van der Waals surface area contributed by atoms with Gasteiger partial charge in [-0.15, -0.1) is 0 Å². The summed E-state index contributed by atoms with van der Waals surface area (Å²) in [6.07, 6.45) is 0. The van der Waals surface area contributed by atoms with Crippen LogP contribution >= 0.6 is 0 Å². The van der Waals surface area contributed by atoms with Gasteiger partial charge in [0.2, 0.25) is 0 Å². The predicted octanol–water partition coefficient (Wildman–Crippen LogP) is 3.51. The molecule has 0 atom stereocenters. The van der Waals surface area contributed by atoms with Gasteiger partial charge in [-0.1, -0.05) is 6.07 Å². The summed E-state index contributed by atoms with van der Waals surface area (Å²) in [7, 11) is 1.42. The summed E-state index contributed by atoms with van der Waals surface area (Å²) in [6, 6.07) is 7.72. The van der Waals surface area contributed by atoms with Gasteiger partial charge < -0.3 is 4.74 Å². The Morgan fingerprint density at radius 2 is 1.79 bits per heavy atom. The fraction of sp³-hybridized carbons (Fsp3) is 0.133. The molecule has 2 aromatic rings. The second-order valence-corrected chi connectivity index (χ2v) is 4.16. The molecule has 0 saturated heterocycles. The molecule has 0 aliphatic rings. The van der Waals surface area contributed by atoms with Gasteiger partial charge in [0.15, 0.2) is 5.78 Å². The van der Waals surface area contributed by atoms with Crippen molar-refractivity contribution in [2.24, 2.45) is 0 Å². The molecule has 0 N–H and O–H groups in total. The highest BCUT2D eigenvalue weighted by Crippen LogP contribution is 2.24. The van der Waals surface area contributed by atoms with Gasteiger partial charge in [0, 0.05) is 0 Å². The van der Waals surface area contributed by atoms with Crippen molar-refractivity contribution in [1.29, 1.82) is 0 Å². The Hall–Kier alpha value is -2.23. The third kappa shape index (κ3) is 2.62. The Morgan fingerprint density at radius 3 is 2.47 bits per heavy atom. The number of hydrogen-bond acceptors (Lipinski definition) is 2. The maximum Gasteiger partial charge on any atom is 0.199 e. The van der Waals surface area contributed by atoms with E-state index in [0.717, 1.165) is 23.8 Å². The molecule has 0 fully saturated rings. The second kappa shape index (κ2) is 5.18. The minimum Gasteiger partial charge on any atom is -0.496 e. The van der Waals surface area contributed by atoms with Crippen molar-refractivity contribution in [2.45, 2.75) is 6.92 Å².